The van der Waals surface area contributed by atoms with Crippen LogP contribution < -0.4 is 5.32 Å². The van der Waals surface area contributed by atoms with E-state index in [0.717, 1.165) is 31.6 Å². The molecule has 0 radical (unpaired) electrons. The molecule has 1 aromatic heterocycles. The van der Waals surface area contributed by atoms with E-state index in [4.69, 9.17) is 4.74 Å². The second-order valence-corrected chi connectivity index (χ2v) is 4.19. The summed E-state index contributed by atoms with van der Waals surface area (Å²) in [4.78, 5) is 0. The first-order valence-electron chi connectivity index (χ1n) is 5.58. The molecule has 2 heterocycles. The number of ether oxygens (including phenoxy) is 1. The van der Waals surface area contributed by atoms with Gasteiger partial charge in [-0.25, -0.2) is 0 Å². The third kappa shape index (κ3) is 2.79. The summed E-state index contributed by atoms with van der Waals surface area (Å²) < 4.78 is 7.87. The highest BCUT2D eigenvalue weighted by Crippen LogP contribution is 2.20. The van der Waals surface area contributed by atoms with Gasteiger partial charge in [0, 0.05) is 12.7 Å². The fourth-order valence-corrected chi connectivity index (χ4v) is 2.07. The number of nitrogens with one attached hydrogen (secondary N) is 1. The minimum absolute atomic E-state index is 0.336. The van der Waals surface area contributed by atoms with Crippen molar-refractivity contribution in [2.75, 3.05) is 13.6 Å². The van der Waals surface area contributed by atoms with Crippen LogP contribution in [0.4, 0.5) is 0 Å². The molecule has 2 unspecified atom stereocenters. The van der Waals surface area contributed by atoms with Crippen LogP contribution in [0, 0.1) is 6.92 Å². The van der Waals surface area contributed by atoms with Crippen molar-refractivity contribution < 1.29 is 4.74 Å². The molecule has 1 aliphatic rings. The third-order valence-corrected chi connectivity index (χ3v) is 2.79. The van der Waals surface area contributed by atoms with Crippen LogP contribution in [0.3, 0.4) is 0 Å². The molecule has 0 saturated carbocycles. The fourth-order valence-electron chi connectivity index (χ4n) is 2.07. The summed E-state index contributed by atoms with van der Waals surface area (Å²) in [5.74, 6) is 0. The van der Waals surface area contributed by atoms with Crippen molar-refractivity contribution in [1.82, 2.24) is 15.1 Å². The van der Waals surface area contributed by atoms with Gasteiger partial charge in [-0.3, -0.25) is 4.68 Å². The second kappa shape index (κ2) is 4.77. The second-order valence-electron chi connectivity index (χ2n) is 4.19. The van der Waals surface area contributed by atoms with Crippen LogP contribution in [0.5, 0.6) is 0 Å². The van der Waals surface area contributed by atoms with E-state index in [-0.39, 0.29) is 0 Å². The Labute approximate surface area is 90.6 Å². The van der Waals surface area contributed by atoms with Gasteiger partial charge in [-0.05, 0) is 32.9 Å². The molecule has 0 bridgehead atoms. The summed E-state index contributed by atoms with van der Waals surface area (Å²) in [5, 5.41) is 7.52. The third-order valence-electron chi connectivity index (χ3n) is 2.79. The lowest BCUT2D eigenvalue weighted by Gasteiger charge is -2.13. The largest absolute Gasteiger partial charge is 0.372 e. The van der Waals surface area contributed by atoms with Crippen molar-refractivity contribution in [3.8, 4) is 0 Å². The van der Waals surface area contributed by atoms with Crippen LogP contribution >= 0.6 is 0 Å². The number of nitrogens with zero attached hydrogens (tertiary/aromatic N) is 2. The quantitative estimate of drug-likeness (QED) is 0.802. The van der Waals surface area contributed by atoms with Crippen LogP contribution in [-0.2, 0) is 11.3 Å². The summed E-state index contributed by atoms with van der Waals surface area (Å²) in [6, 6.07) is 2.03. The van der Waals surface area contributed by atoms with Crippen molar-refractivity contribution in [3.05, 3.63) is 18.0 Å². The van der Waals surface area contributed by atoms with Gasteiger partial charge in [-0.1, -0.05) is 0 Å². The Bertz CT molecular complexity index is 311. The van der Waals surface area contributed by atoms with Gasteiger partial charge in [0.1, 0.15) is 0 Å². The van der Waals surface area contributed by atoms with E-state index >= 15 is 0 Å². The normalized spacial score (nSPS) is 26.0. The average molecular weight is 209 g/mol. The number of rotatable bonds is 4. The zero-order valence-corrected chi connectivity index (χ0v) is 9.44. The van der Waals surface area contributed by atoms with E-state index in [1.54, 1.807) is 0 Å². The van der Waals surface area contributed by atoms with Gasteiger partial charge < -0.3 is 10.1 Å². The maximum absolute atomic E-state index is 5.89. The van der Waals surface area contributed by atoms with Crippen LogP contribution in [0.1, 0.15) is 18.5 Å². The maximum Gasteiger partial charge on any atom is 0.0776 e. The molecule has 0 aliphatic carbocycles. The summed E-state index contributed by atoms with van der Waals surface area (Å²) in [6.07, 6.45) is 5.04. The minimum atomic E-state index is 0.336. The molecule has 1 saturated heterocycles. The molecule has 2 rings (SSSR count). The lowest BCUT2D eigenvalue weighted by Crippen LogP contribution is -2.25. The molecule has 2 atom stereocenters. The molecule has 1 N–H and O–H groups in total. The first-order chi connectivity index (χ1) is 7.28. The van der Waals surface area contributed by atoms with Gasteiger partial charge >= 0.3 is 0 Å². The monoisotopic (exact) mass is 209 g/mol. The Morgan fingerprint density at radius 3 is 3.00 bits per heavy atom. The van der Waals surface area contributed by atoms with Gasteiger partial charge in [0.05, 0.1) is 24.4 Å². The molecule has 1 aliphatic heterocycles. The zero-order valence-electron chi connectivity index (χ0n) is 9.44. The molecule has 1 fully saturated rings. The highest BCUT2D eigenvalue weighted by Gasteiger charge is 2.24. The van der Waals surface area contributed by atoms with Crippen molar-refractivity contribution in [1.29, 1.82) is 0 Å². The first-order valence-corrected chi connectivity index (χ1v) is 5.58. The zero-order chi connectivity index (χ0) is 10.7. The molecule has 84 valence electrons. The highest BCUT2D eigenvalue weighted by molar-refractivity contribution is 4.95. The molecular weight excluding hydrogens is 190 g/mol. The number of aromatic nitrogens is 2. The number of hydrogen-bond donors (Lipinski definition) is 1. The summed E-state index contributed by atoms with van der Waals surface area (Å²) >= 11 is 0. The van der Waals surface area contributed by atoms with E-state index < -0.39 is 0 Å². The van der Waals surface area contributed by atoms with Crippen LogP contribution in [0.25, 0.3) is 0 Å². The van der Waals surface area contributed by atoms with Gasteiger partial charge in [0.15, 0.2) is 0 Å². The van der Waals surface area contributed by atoms with E-state index in [1.807, 2.05) is 30.9 Å². The first kappa shape index (κ1) is 10.6. The Morgan fingerprint density at radius 2 is 2.33 bits per heavy atom. The van der Waals surface area contributed by atoms with E-state index in [9.17, 15) is 0 Å². The smallest absolute Gasteiger partial charge is 0.0776 e. The van der Waals surface area contributed by atoms with Crippen LogP contribution in [-0.4, -0.2) is 35.6 Å². The lowest BCUT2D eigenvalue weighted by molar-refractivity contribution is 0.0351. The fraction of sp³-hybridized carbons (Fsp3) is 0.727. The standard InChI is InChI=1S/C11H19N3O/c1-9-5-6-14(13-9)8-11-4-3-10(15-11)7-12-2/h5-6,10-12H,3-4,7-8H2,1-2H3. The SMILES string of the molecule is CNCC1CCC(Cn2ccc(C)n2)O1. The van der Waals surface area contributed by atoms with Crippen molar-refractivity contribution >= 4 is 0 Å². The molecule has 4 nitrogen and oxygen atoms in total. The van der Waals surface area contributed by atoms with Crippen molar-refractivity contribution in [2.24, 2.45) is 0 Å². The number of likely N-dealkylation sites (N-methyl/N-ethyl adjacent to an activating group) is 1. The maximum atomic E-state index is 5.89. The van der Waals surface area contributed by atoms with E-state index in [1.165, 1.54) is 0 Å². The van der Waals surface area contributed by atoms with Crippen LogP contribution in [0.2, 0.25) is 0 Å². The Balaban J connectivity index is 1.82. The molecule has 0 spiro atoms. The summed E-state index contributed by atoms with van der Waals surface area (Å²) in [7, 11) is 1.97. The number of hydrogen-bond acceptors (Lipinski definition) is 3. The highest BCUT2D eigenvalue weighted by atomic mass is 16.5. The molecule has 15 heavy (non-hydrogen) atoms. The Morgan fingerprint density at radius 1 is 1.53 bits per heavy atom. The van der Waals surface area contributed by atoms with E-state index in [0.29, 0.717) is 12.2 Å². The topological polar surface area (TPSA) is 39.1 Å². The molecule has 1 aromatic rings. The molecule has 4 heteroatoms. The van der Waals surface area contributed by atoms with Gasteiger partial charge in [0.2, 0.25) is 0 Å². The Kier molecular flexibility index (Phi) is 3.38. The van der Waals surface area contributed by atoms with E-state index in [2.05, 4.69) is 10.4 Å². The molecular formula is C11H19N3O. The molecule has 0 amide bonds. The summed E-state index contributed by atoms with van der Waals surface area (Å²) in [5.41, 5.74) is 1.07. The van der Waals surface area contributed by atoms with Crippen molar-refractivity contribution in [2.45, 2.75) is 38.5 Å². The summed E-state index contributed by atoms with van der Waals surface area (Å²) in [6.45, 7) is 3.85. The van der Waals surface area contributed by atoms with Crippen LogP contribution in [0.15, 0.2) is 12.3 Å². The molecule has 0 aromatic carbocycles. The van der Waals surface area contributed by atoms with Crippen molar-refractivity contribution in [3.63, 3.8) is 0 Å². The van der Waals surface area contributed by atoms with Gasteiger partial charge in [-0.15, -0.1) is 0 Å². The average Bonchev–Trinajstić information content (AvgIpc) is 2.78. The predicted octanol–water partition coefficient (Wildman–Crippen LogP) is 0.959. The number of aryl methyl sites for hydroxylation is 1. The lowest BCUT2D eigenvalue weighted by atomic mass is 10.2. The van der Waals surface area contributed by atoms with Gasteiger partial charge in [-0.2, -0.15) is 5.10 Å². The Hall–Kier alpha value is -0.870. The predicted molar refractivity (Wildman–Crippen MR) is 58.8 cm³/mol. The minimum Gasteiger partial charge on any atom is -0.372 e. The van der Waals surface area contributed by atoms with Gasteiger partial charge in [0.25, 0.3) is 0 Å².